The minimum atomic E-state index is 0.262. The molecule has 0 saturated carbocycles. The average molecular weight is 232 g/mol. The summed E-state index contributed by atoms with van der Waals surface area (Å²) in [4.78, 5) is 18.2. The van der Waals surface area contributed by atoms with Crippen molar-refractivity contribution in [2.75, 3.05) is 13.1 Å². The van der Waals surface area contributed by atoms with Crippen LogP contribution in [0.15, 0.2) is 24.5 Å². The number of carbonyl (C=O) groups excluding carboxylic acids is 1. The van der Waals surface area contributed by atoms with E-state index in [0.29, 0.717) is 12.3 Å². The zero-order valence-corrected chi connectivity index (χ0v) is 10.4. The van der Waals surface area contributed by atoms with Crippen LogP contribution in [0.1, 0.15) is 44.1 Å². The largest absolute Gasteiger partial charge is 0.343 e. The quantitative estimate of drug-likeness (QED) is 0.802. The van der Waals surface area contributed by atoms with Crippen molar-refractivity contribution in [3.63, 3.8) is 0 Å². The first-order chi connectivity index (χ1) is 8.27. The molecule has 0 bridgehead atoms. The fourth-order valence-electron chi connectivity index (χ4n) is 2.32. The van der Waals surface area contributed by atoms with Crippen molar-refractivity contribution < 1.29 is 4.79 Å². The summed E-state index contributed by atoms with van der Waals surface area (Å²) in [5.74, 6) is 0.555. The van der Waals surface area contributed by atoms with E-state index in [2.05, 4.69) is 11.9 Å². The van der Waals surface area contributed by atoms with E-state index in [-0.39, 0.29) is 5.92 Å². The highest BCUT2D eigenvalue weighted by molar-refractivity contribution is 5.77. The molecular weight excluding hydrogens is 212 g/mol. The molecule has 1 saturated heterocycles. The van der Waals surface area contributed by atoms with Crippen LogP contribution in [0.5, 0.6) is 0 Å². The molecule has 0 aliphatic carbocycles. The predicted octanol–water partition coefficient (Wildman–Crippen LogP) is 2.59. The molecule has 0 N–H and O–H groups in total. The van der Waals surface area contributed by atoms with Gasteiger partial charge < -0.3 is 4.90 Å². The Labute approximate surface area is 103 Å². The van der Waals surface area contributed by atoms with E-state index >= 15 is 0 Å². The van der Waals surface area contributed by atoms with E-state index in [1.54, 1.807) is 6.20 Å². The van der Waals surface area contributed by atoms with Crippen molar-refractivity contribution >= 4 is 5.91 Å². The Balaban J connectivity index is 1.89. The van der Waals surface area contributed by atoms with E-state index in [9.17, 15) is 4.79 Å². The van der Waals surface area contributed by atoms with Gasteiger partial charge in [0.1, 0.15) is 0 Å². The molecule has 1 aromatic heterocycles. The molecule has 0 aromatic carbocycles. The van der Waals surface area contributed by atoms with Crippen LogP contribution in [0.3, 0.4) is 0 Å². The van der Waals surface area contributed by atoms with Gasteiger partial charge in [-0.05, 0) is 36.8 Å². The molecule has 1 amide bonds. The van der Waals surface area contributed by atoms with Gasteiger partial charge in [0.2, 0.25) is 5.91 Å². The third kappa shape index (κ3) is 3.29. The molecular formula is C14H20N2O. The summed E-state index contributed by atoms with van der Waals surface area (Å²) in [6.45, 7) is 3.98. The van der Waals surface area contributed by atoms with Gasteiger partial charge in [0.25, 0.3) is 0 Å². The summed E-state index contributed by atoms with van der Waals surface area (Å²) >= 11 is 0. The fraction of sp³-hybridized carbons (Fsp3) is 0.571. The number of hydrogen-bond donors (Lipinski definition) is 0. The number of hydrogen-bond acceptors (Lipinski definition) is 2. The van der Waals surface area contributed by atoms with E-state index < -0.39 is 0 Å². The lowest BCUT2D eigenvalue weighted by Gasteiger charge is -2.27. The number of likely N-dealkylation sites (tertiary alicyclic amines) is 1. The lowest BCUT2D eigenvalue weighted by molar-refractivity contribution is -0.132. The molecule has 2 heterocycles. The van der Waals surface area contributed by atoms with Crippen LogP contribution in [-0.4, -0.2) is 28.9 Å². The summed E-state index contributed by atoms with van der Waals surface area (Å²) in [5, 5.41) is 0. The normalized spacial score (nSPS) is 17.8. The summed E-state index contributed by atoms with van der Waals surface area (Å²) in [6, 6.07) is 3.97. The number of carbonyl (C=O) groups is 1. The Morgan fingerprint density at radius 1 is 1.41 bits per heavy atom. The van der Waals surface area contributed by atoms with Crippen molar-refractivity contribution in [2.24, 2.45) is 0 Å². The van der Waals surface area contributed by atoms with Crippen LogP contribution in [0.4, 0.5) is 0 Å². The first kappa shape index (κ1) is 12.1. The van der Waals surface area contributed by atoms with Crippen LogP contribution < -0.4 is 0 Å². The molecule has 1 fully saturated rings. The minimum Gasteiger partial charge on any atom is -0.343 e. The number of nitrogens with zero attached hydrogens (tertiary/aromatic N) is 2. The van der Waals surface area contributed by atoms with Crippen molar-refractivity contribution in [2.45, 2.75) is 38.5 Å². The number of rotatable bonds is 3. The maximum Gasteiger partial charge on any atom is 0.223 e. The van der Waals surface area contributed by atoms with E-state index in [1.165, 1.54) is 6.42 Å². The minimum absolute atomic E-state index is 0.262. The molecule has 3 heteroatoms. The molecule has 1 aromatic rings. The van der Waals surface area contributed by atoms with Crippen molar-refractivity contribution in [3.05, 3.63) is 30.1 Å². The Kier molecular flexibility index (Phi) is 4.13. The van der Waals surface area contributed by atoms with Gasteiger partial charge in [-0.1, -0.05) is 13.0 Å². The Bertz CT molecular complexity index is 358. The molecule has 1 atom stereocenters. The van der Waals surface area contributed by atoms with E-state index in [4.69, 9.17) is 0 Å². The van der Waals surface area contributed by atoms with Gasteiger partial charge >= 0.3 is 0 Å². The smallest absolute Gasteiger partial charge is 0.223 e. The number of aromatic nitrogens is 1. The fourth-order valence-corrected chi connectivity index (χ4v) is 2.32. The lowest BCUT2D eigenvalue weighted by atomic mass is 9.98. The average Bonchev–Trinajstić information content (AvgIpc) is 2.40. The maximum atomic E-state index is 12.1. The van der Waals surface area contributed by atoms with Crippen molar-refractivity contribution in [1.29, 1.82) is 0 Å². The van der Waals surface area contributed by atoms with Gasteiger partial charge in [-0.3, -0.25) is 9.78 Å². The second-order valence-corrected chi connectivity index (χ2v) is 4.83. The van der Waals surface area contributed by atoms with E-state index in [0.717, 1.165) is 31.5 Å². The molecule has 2 rings (SSSR count). The highest BCUT2D eigenvalue weighted by atomic mass is 16.2. The summed E-state index contributed by atoms with van der Waals surface area (Å²) < 4.78 is 0. The topological polar surface area (TPSA) is 33.2 Å². The maximum absolute atomic E-state index is 12.1. The predicted molar refractivity (Wildman–Crippen MR) is 67.7 cm³/mol. The lowest BCUT2D eigenvalue weighted by Crippen LogP contribution is -2.36. The highest BCUT2D eigenvalue weighted by Crippen LogP contribution is 2.20. The van der Waals surface area contributed by atoms with Crippen LogP contribution in [0.25, 0.3) is 0 Å². The van der Waals surface area contributed by atoms with Crippen molar-refractivity contribution in [3.8, 4) is 0 Å². The molecule has 1 unspecified atom stereocenters. The first-order valence-electron chi connectivity index (χ1n) is 6.45. The Morgan fingerprint density at radius 2 is 2.18 bits per heavy atom. The van der Waals surface area contributed by atoms with Crippen LogP contribution >= 0.6 is 0 Å². The number of amides is 1. The van der Waals surface area contributed by atoms with Gasteiger partial charge in [0.15, 0.2) is 0 Å². The van der Waals surface area contributed by atoms with E-state index in [1.807, 2.05) is 23.2 Å². The molecule has 0 spiro atoms. The van der Waals surface area contributed by atoms with Gasteiger partial charge in [0, 0.05) is 31.9 Å². The van der Waals surface area contributed by atoms with Crippen LogP contribution in [-0.2, 0) is 4.79 Å². The zero-order chi connectivity index (χ0) is 12.1. The second kappa shape index (κ2) is 5.80. The molecule has 1 aliphatic rings. The van der Waals surface area contributed by atoms with Crippen molar-refractivity contribution in [1.82, 2.24) is 9.88 Å². The van der Waals surface area contributed by atoms with Crippen LogP contribution in [0.2, 0.25) is 0 Å². The standard InChI is InChI=1S/C14H20N2O/c1-12(13-6-5-7-15-11-13)10-14(17)16-8-3-2-4-9-16/h5-7,11-12H,2-4,8-10H2,1H3. The van der Waals surface area contributed by atoms with Gasteiger partial charge in [-0.2, -0.15) is 0 Å². The summed E-state index contributed by atoms with van der Waals surface area (Å²) in [5.41, 5.74) is 1.15. The molecule has 0 radical (unpaired) electrons. The SMILES string of the molecule is CC(CC(=O)N1CCCCC1)c1cccnc1. The second-order valence-electron chi connectivity index (χ2n) is 4.83. The molecule has 1 aliphatic heterocycles. The van der Waals surface area contributed by atoms with Crippen LogP contribution in [0, 0.1) is 0 Å². The zero-order valence-electron chi connectivity index (χ0n) is 10.4. The Hall–Kier alpha value is -1.38. The number of piperidine rings is 1. The van der Waals surface area contributed by atoms with Gasteiger partial charge in [-0.15, -0.1) is 0 Å². The summed E-state index contributed by atoms with van der Waals surface area (Å²) in [7, 11) is 0. The third-order valence-corrected chi connectivity index (χ3v) is 3.44. The van der Waals surface area contributed by atoms with Gasteiger partial charge in [-0.25, -0.2) is 0 Å². The first-order valence-corrected chi connectivity index (χ1v) is 6.45. The highest BCUT2D eigenvalue weighted by Gasteiger charge is 2.19. The Morgan fingerprint density at radius 3 is 2.82 bits per heavy atom. The summed E-state index contributed by atoms with van der Waals surface area (Å²) in [6.07, 6.45) is 7.81. The third-order valence-electron chi connectivity index (χ3n) is 3.44. The molecule has 17 heavy (non-hydrogen) atoms. The van der Waals surface area contributed by atoms with Gasteiger partial charge in [0.05, 0.1) is 0 Å². The molecule has 92 valence electrons. The molecule has 3 nitrogen and oxygen atoms in total. The number of pyridine rings is 1. The monoisotopic (exact) mass is 232 g/mol.